The number of halogens is 1. The van der Waals surface area contributed by atoms with E-state index >= 15 is 0 Å². The van der Waals surface area contributed by atoms with Gasteiger partial charge >= 0.3 is 0 Å². The molecule has 1 atom stereocenters. The van der Waals surface area contributed by atoms with Gasteiger partial charge in [-0.3, -0.25) is 4.79 Å². The van der Waals surface area contributed by atoms with Gasteiger partial charge in [0.05, 0.1) is 12.5 Å². The van der Waals surface area contributed by atoms with Crippen molar-refractivity contribution in [2.24, 2.45) is 0 Å². The van der Waals surface area contributed by atoms with Gasteiger partial charge in [0.2, 0.25) is 5.91 Å². The fraction of sp³-hybridized carbons (Fsp3) is 0.188. The maximum atomic E-state index is 12.1. The lowest BCUT2D eigenvalue weighted by atomic mass is 10.1. The van der Waals surface area contributed by atoms with Crippen LogP contribution in [-0.4, -0.2) is 12.5 Å². The number of carbonyl (C=O) groups is 1. The van der Waals surface area contributed by atoms with Crippen LogP contribution >= 0.6 is 11.6 Å². The molecular weight excluding hydrogens is 274 g/mol. The molecule has 1 aliphatic heterocycles. The van der Waals surface area contributed by atoms with Crippen LogP contribution in [0.25, 0.3) is 0 Å². The lowest BCUT2D eigenvalue weighted by molar-refractivity contribution is -0.121. The minimum atomic E-state index is -0.0639. The molecule has 1 aliphatic rings. The molecule has 4 heteroatoms. The minimum Gasteiger partial charge on any atom is -0.491 e. The second-order valence-corrected chi connectivity index (χ2v) is 5.21. The summed E-state index contributed by atoms with van der Waals surface area (Å²) in [7, 11) is 0. The van der Waals surface area contributed by atoms with Crippen LogP contribution in [0, 0.1) is 0 Å². The van der Waals surface area contributed by atoms with E-state index in [-0.39, 0.29) is 11.9 Å². The van der Waals surface area contributed by atoms with E-state index in [1.165, 1.54) is 0 Å². The zero-order valence-corrected chi connectivity index (χ0v) is 11.6. The van der Waals surface area contributed by atoms with Crippen molar-refractivity contribution in [2.45, 2.75) is 12.5 Å². The van der Waals surface area contributed by atoms with Crippen LogP contribution in [0.1, 0.15) is 17.2 Å². The van der Waals surface area contributed by atoms with Gasteiger partial charge in [-0.2, -0.15) is 0 Å². The molecule has 102 valence electrons. The molecule has 0 saturated carbocycles. The summed E-state index contributed by atoms with van der Waals surface area (Å²) in [4.78, 5) is 12.1. The summed E-state index contributed by atoms with van der Waals surface area (Å²) >= 11 is 5.82. The molecule has 2 aromatic carbocycles. The number of benzene rings is 2. The molecule has 3 nitrogen and oxygen atoms in total. The average Bonchev–Trinajstić information content (AvgIpc) is 2.85. The van der Waals surface area contributed by atoms with E-state index in [2.05, 4.69) is 5.32 Å². The molecule has 1 heterocycles. The predicted molar refractivity (Wildman–Crippen MR) is 78.0 cm³/mol. The van der Waals surface area contributed by atoms with Gasteiger partial charge in [-0.1, -0.05) is 41.9 Å². The van der Waals surface area contributed by atoms with Gasteiger partial charge in [-0.05, 0) is 23.8 Å². The van der Waals surface area contributed by atoms with E-state index in [9.17, 15) is 4.79 Å². The molecule has 0 spiro atoms. The average molecular weight is 288 g/mol. The summed E-state index contributed by atoms with van der Waals surface area (Å²) in [5.41, 5.74) is 1.98. The fourth-order valence-electron chi connectivity index (χ4n) is 2.32. The third-order valence-electron chi connectivity index (χ3n) is 3.31. The lowest BCUT2D eigenvalue weighted by Crippen LogP contribution is -2.30. The molecule has 1 unspecified atom stereocenters. The molecule has 0 fully saturated rings. The van der Waals surface area contributed by atoms with Crippen LogP contribution in [0.5, 0.6) is 5.75 Å². The Kier molecular flexibility index (Phi) is 3.61. The first-order valence-corrected chi connectivity index (χ1v) is 6.86. The molecule has 20 heavy (non-hydrogen) atoms. The zero-order valence-electron chi connectivity index (χ0n) is 10.8. The zero-order chi connectivity index (χ0) is 13.9. The van der Waals surface area contributed by atoms with Crippen LogP contribution in [-0.2, 0) is 11.2 Å². The number of hydrogen-bond acceptors (Lipinski definition) is 2. The Hall–Kier alpha value is -2.00. The van der Waals surface area contributed by atoms with Crippen molar-refractivity contribution in [3.63, 3.8) is 0 Å². The normalized spacial score (nSPS) is 16.4. The van der Waals surface area contributed by atoms with E-state index in [1.54, 1.807) is 12.1 Å². The third-order valence-corrected chi connectivity index (χ3v) is 3.57. The van der Waals surface area contributed by atoms with E-state index in [1.807, 2.05) is 36.4 Å². The smallest absolute Gasteiger partial charge is 0.225 e. The summed E-state index contributed by atoms with van der Waals surface area (Å²) in [6.45, 7) is 0.492. The number of nitrogens with one attached hydrogen (secondary N) is 1. The Morgan fingerprint density at radius 1 is 1.20 bits per heavy atom. The highest BCUT2D eigenvalue weighted by molar-refractivity contribution is 6.30. The van der Waals surface area contributed by atoms with Gasteiger partial charge in [-0.15, -0.1) is 0 Å². The van der Waals surface area contributed by atoms with E-state index in [0.717, 1.165) is 16.9 Å². The molecule has 0 bridgehead atoms. The summed E-state index contributed by atoms with van der Waals surface area (Å²) in [5, 5.41) is 3.67. The number of hydrogen-bond donors (Lipinski definition) is 1. The lowest BCUT2D eigenvalue weighted by Gasteiger charge is -2.11. The van der Waals surface area contributed by atoms with Crippen molar-refractivity contribution in [1.29, 1.82) is 0 Å². The van der Waals surface area contributed by atoms with Crippen LogP contribution in [0.15, 0.2) is 48.5 Å². The molecule has 1 N–H and O–H groups in total. The molecule has 0 saturated heterocycles. The fourth-order valence-corrected chi connectivity index (χ4v) is 2.44. The summed E-state index contributed by atoms with van der Waals surface area (Å²) < 4.78 is 5.55. The Morgan fingerprint density at radius 3 is 2.75 bits per heavy atom. The second kappa shape index (κ2) is 5.55. The Morgan fingerprint density at radius 2 is 1.95 bits per heavy atom. The largest absolute Gasteiger partial charge is 0.491 e. The van der Waals surface area contributed by atoms with Gasteiger partial charge in [0.1, 0.15) is 12.4 Å². The van der Waals surface area contributed by atoms with Crippen LogP contribution in [0.2, 0.25) is 5.02 Å². The van der Waals surface area contributed by atoms with Gasteiger partial charge < -0.3 is 10.1 Å². The molecule has 1 amide bonds. The number of rotatable bonds is 3. The summed E-state index contributed by atoms with van der Waals surface area (Å²) in [5.74, 6) is 0.835. The SMILES string of the molecule is O=C(Cc1ccc(Cl)cc1)NC1COc2ccccc21. The Labute approximate surface area is 122 Å². The van der Waals surface area contributed by atoms with Gasteiger partial charge in [0.25, 0.3) is 0 Å². The highest BCUT2D eigenvalue weighted by atomic mass is 35.5. The summed E-state index contributed by atoms with van der Waals surface area (Å²) in [6.07, 6.45) is 0.343. The minimum absolute atomic E-state index is 0.0161. The first-order valence-electron chi connectivity index (χ1n) is 6.48. The maximum absolute atomic E-state index is 12.1. The monoisotopic (exact) mass is 287 g/mol. The van der Waals surface area contributed by atoms with Crippen LogP contribution < -0.4 is 10.1 Å². The second-order valence-electron chi connectivity index (χ2n) is 4.77. The van der Waals surface area contributed by atoms with Crippen molar-refractivity contribution in [2.75, 3.05) is 6.61 Å². The molecule has 0 aromatic heterocycles. The standard InChI is InChI=1S/C16H14ClNO2/c17-12-7-5-11(6-8-12)9-16(19)18-14-10-20-15-4-2-1-3-13(14)15/h1-8,14H,9-10H2,(H,18,19). The molecule has 0 radical (unpaired) electrons. The van der Waals surface area contributed by atoms with Crippen LogP contribution in [0.4, 0.5) is 0 Å². The maximum Gasteiger partial charge on any atom is 0.225 e. The highest BCUT2D eigenvalue weighted by Gasteiger charge is 2.24. The highest BCUT2D eigenvalue weighted by Crippen LogP contribution is 2.31. The first kappa shape index (κ1) is 13.0. The van der Waals surface area contributed by atoms with Crippen molar-refractivity contribution in [1.82, 2.24) is 5.32 Å². The molecule has 2 aromatic rings. The van der Waals surface area contributed by atoms with E-state index in [4.69, 9.17) is 16.3 Å². The van der Waals surface area contributed by atoms with E-state index in [0.29, 0.717) is 18.1 Å². The molecule has 0 aliphatic carbocycles. The number of para-hydroxylation sites is 1. The van der Waals surface area contributed by atoms with Crippen molar-refractivity contribution < 1.29 is 9.53 Å². The summed E-state index contributed by atoms with van der Waals surface area (Å²) in [6, 6.07) is 15.0. The molecular formula is C16H14ClNO2. The number of ether oxygens (including phenoxy) is 1. The number of amides is 1. The van der Waals surface area contributed by atoms with Crippen molar-refractivity contribution in [3.8, 4) is 5.75 Å². The van der Waals surface area contributed by atoms with Gasteiger partial charge in [0.15, 0.2) is 0 Å². The van der Waals surface area contributed by atoms with Crippen LogP contribution in [0.3, 0.4) is 0 Å². The quantitative estimate of drug-likeness (QED) is 0.942. The Bertz CT molecular complexity index is 625. The molecule has 3 rings (SSSR count). The Balaban J connectivity index is 1.64. The van der Waals surface area contributed by atoms with Crippen molar-refractivity contribution in [3.05, 3.63) is 64.7 Å². The number of fused-ring (bicyclic) bond motifs is 1. The van der Waals surface area contributed by atoms with Gasteiger partial charge in [0, 0.05) is 10.6 Å². The predicted octanol–water partition coefficient (Wildman–Crippen LogP) is 3.13. The third kappa shape index (κ3) is 2.78. The number of carbonyl (C=O) groups excluding carboxylic acids is 1. The topological polar surface area (TPSA) is 38.3 Å². The van der Waals surface area contributed by atoms with Crippen molar-refractivity contribution >= 4 is 17.5 Å². The van der Waals surface area contributed by atoms with E-state index < -0.39 is 0 Å². The first-order chi connectivity index (χ1) is 9.72. The van der Waals surface area contributed by atoms with Gasteiger partial charge in [-0.25, -0.2) is 0 Å².